The van der Waals surface area contributed by atoms with Crippen molar-refractivity contribution in [3.8, 4) is 0 Å². The van der Waals surface area contributed by atoms with Gasteiger partial charge < -0.3 is 10.4 Å². The predicted molar refractivity (Wildman–Crippen MR) is 89.1 cm³/mol. The van der Waals surface area contributed by atoms with Gasteiger partial charge in [-0.15, -0.1) is 11.3 Å². The molecule has 1 heterocycles. The average molecular weight is 336 g/mol. The Morgan fingerprint density at radius 2 is 1.96 bits per heavy atom. The molecular formula is C17H21FN2O2S. The smallest absolute Gasteiger partial charge is 0.263 e. The first-order valence-electron chi connectivity index (χ1n) is 7.57. The molecule has 2 atom stereocenters. The molecule has 0 bridgehead atoms. The second-order valence-electron chi connectivity index (χ2n) is 5.90. The van der Waals surface area contributed by atoms with E-state index in [1.165, 1.54) is 23.5 Å². The molecule has 124 valence electrons. The van der Waals surface area contributed by atoms with E-state index < -0.39 is 6.10 Å². The first-order valence-corrected chi connectivity index (χ1v) is 8.38. The Morgan fingerprint density at radius 3 is 2.52 bits per heavy atom. The molecule has 2 N–H and O–H groups in total. The van der Waals surface area contributed by atoms with E-state index in [1.54, 1.807) is 18.3 Å². The van der Waals surface area contributed by atoms with E-state index in [-0.39, 0.29) is 17.8 Å². The number of hydrogen-bond donors (Lipinski definition) is 2. The molecule has 2 rings (SSSR count). The largest absolute Gasteiger partial charge is 0.388 e. The number of thiazole rings is 1. The Balaban J connectivity index is 1.91. The highest BCUT2D eigenvalue weighted by Crippen LogP contribution is 2.22. The number of halogens is 1. The second kappa shape index (κ2) is 7.66. The van der Waals surface area contributed by atoms with Crippen LogP contribution in [0.4, 0.5) is 4.39 Å². The molecule has 0 saturated heterocycles. The summed E-state index contributed by atoms with van der Waals surface area (Å²) in [4.78, 5) is 17.0. The Hall–Kier alpha value is -1.79. The van der Waals surface area contributed by atoms with Gasteiger partial charge in [-0.2, -0.15) is 0 Å². The molecule has 1 aromatic heterocycles. The van der Waals surface area contributed by atoms with Crippen molar-refractivity contribution in [2.45, 2.75) is 45.3 Å². The highest BCUT2D eigenvalue weighted by atomic mass is 32.1. The van der Waals surface area contributed by atoms with E-state index >= 15 is 0 Å². The minimum absolute atomic E-state index is 0.187. The van der Waals surface area contributed by atoms with Crippen molar-refractivity contribution in [2.75, 3.05) is 0 Å². The number of amides is 1. The van der Waals surface area contributed by atoms with E-state index in [2.05, 4.69) is 10.3 Å². The number of aliphatic hydroxyl groups excluding tert-OH is 1. The third-order valence-electron chi connectivity index (χ3n) is 3.45. The van der Waals surface area contributed by atoms with E-state index in [1.807, 2.05) is 20.8 Å². The van der Waals surface area contributed by atoms with Gasteiger partial charge in [0.1, 0.15) is 10.7 Å². The zero-order chi connectivity index (χ0) is 17.0. The van der Waals surface area contributed by atoms with Gasteiger partial charge in [0.2, 0.25) is 0 Å². The number of nitrogens with zero attached hydrogens (tertiary/aromatic N) is 1. The molecule has 23 heavy (non-hydrogen) atoms. The van der Waals surface area contributed by atoms with Crippen LogP contribution < -0.4 is 5.32 Å². The summed E-state index contributed by atoms with van der Waals surface area (Å²) in [7, 11) is 0. The molecule has 0 aliphatic heterocycles. The summed E-state index contributed by atoms with van der Waals surface area (Å²) in [5, 5.41) is 13.9. The lowest BCUT2D eigenvalue weighted by Crippen LogP contribution is -2.33. The fourth-order valence-electron chi connectivity index (χ4n) is 2.17. The van der Waals surface area contributed by atoms with Gasteiger partial charge in [-0.1, -0.05) is 26.0 Å². The van der Waals surface area contributed by atoms with Crippen molar-refractivity contribution in [3.05, 3.63) is 51.7 Å². The van der Waals surface area contributed by atoms with Crippen molar-refractivity contribution in [2.24, 2.45) is 0 Å². The van der Waals surface area contributed by atoms with Crippen LogP contribution in [0.25, 0.3) is 0 Å². The van der Waals surface area contributed by atoms with Gasteiger partial charge in [-0.05, 0) is 31.0 Å². The van der Waals surface area contributed by atoms with Crippen LogP contribution in [0.15, 0.2) is 30.5 Å². The van der Waals surface area contributed by atoms with Crippen molar-refractivity contribution in [3.63, 3.8) is 0 Å². The molecule has 0 aliphatic rings. The van der Waals surface area contributed by atoms with E-state index in [4.69, 9.17) is 0 Å². The molecular weight excluding hydrogens is 315 g/mol. The summed E-state index contributed by atoms with van der Waals surface area (Å²) in [5.74, 6) is -0.235. The third-order valence-corrected chi connectivity index (χ3v) is 4.75. The average Bonchev–Trinajstić information content (AvgIpc) is 2.97. The summed E-state index contributed by atoms with van der Waals surface area (Å²) < 4.78 is 12.9. The highest BCUT2D eigenvalue weighted by molar-refractivity contribution is 7.13. The van der Waals surface area contributed by atoms with Gasteiger partial charge in [-0.3, -0.25) is 4.79 Å². The van der Waals surface area contributed by atoms with E-state index in [9.17, 15) is 14.3 Å². The number of carbonyl (C=O) groups is 1. The van der Waals surface area contributed by atoms with Crippen LogP contribution in [0.5, 0.6) is 0 Å². The summed E-state index contributed by atoms with van der Waals surface area (Å²) >= 11 is 1.38. The van der Waals surface area contributed by atoms with Crippen LogP contribution in [0.2, 0.25) is 0 Å². The van der Waals surface area contributed by atoms with Crippen molar-refractivity contribution >= 4 is 17.2 Å². The second-order valence-corrected chi connectivity index (χ2v) is 6.96. The Kier molecular flexibility index (Phi) is 5.85. The fourth-order valence-corrected chi connectivity index (χ4v) is 2.99. The minimum Gasteiger partial charge on any atom is -0.388 e. The zero-order valence-electron chi connectivity index (χ0n) is 13.4. The van der Waals surface area contributed by atoms with Gasteiger partial charge in [0.25, 0.3) is 5.91 Å². The first kappa shape index (κ1) is 17.6. The van der Waals surface area contributed by atoms with Crippen molar-refractivity contribution in [1.82, 2.24) is 10.3 Å². The monoisotopic (exact) mass is 336 g/mol. The van der Waals surface area contributed by atoms with Gasteiger partial charge >= 0.3 is 0 Å². The van der Waals surface area contributed by atoms with E-state index in [0.717, 1.165) is 5.01 Å². The summed E-state index contributed by atoms with van der Waals surface area (Å²) in [6.07, 6.45) is 1.18. The maximum Gasteiger partial charge on any atom is 0.263 e. The van der Waals surface area contributed by atoms with Crippen molar-refractivity contribution < 1.29 is 14.3 Å². The predicted octanol–water partition coefficient (Wildman–Crippen LogP) is 3.65. The molecule has 0 aliphatic carbocycles. The van der Waals surface area contributed by atoms with Crippen LogP contribution in [0.3, 0.4) is 0 Å². The molecule has 6 heteroatoms. The Bertz CT molecular complexity index is 655. The van der Waals surface area contributed by atoms with Gasteiger partial charge in [0.15, 0.2) is 0 Å². The van der Waals surface area contributed by atoms with Gasteiger partial charge in [0, 0.05) is 12.0 Å². The number of rotatable bonds is 6. The molecule has 0 saturated carbocycles. The quantitative estimate of drug-likeness (QED) is 0.846. The molecule has 2 aromatic rings. The van der Waals surface area contributed by atoms with Crippen LogP contribution in [0, 0.1) is 5.82 Å². The summed E-state index contributed by atoms with van der Waals surface area (Å²) in [5.41, 5.74) is 0.632. The maximum absolute atomic E-state index is 12.9. The Morgan fingerprint density at radius 1 is 1.30 bits per heavy atom. The molecule has 1 aromatic carbocycles. The first-order chi connectivity index (χ1) is 10.9. The standard InChI is InChI=1S/C17H21FN2O2S/c1-10(2)17-19-9-15(23-17)16(22)20-11(3)8-14(21)12-4-6-13(18)7-5-12/h4-7,9-11,14,21H,8H2,1-3H3,(H,20,22). The van der Waals surface area contributed by atoms with Crippen molar-refractivity contribution in [1.29, 1.82) is 0 Å². The number of hydrogen-bond acceptors (Lipinski definition) is 4. The lowest BCUT2D eigenvalue weighted by Gasteiger charge is -2.17. The highest BCUT2D eigenvalue weighted by Gasteiger charge is 2.17. The minimum atomic E-state index is -0.751. The molecule has 1 amide bonds. The van der Waals surface area contributed by atoms with Crippen LogP contribution in [0.1, 0.15) is 59.5 Å². The summed E-state index contributed by atoms with van der Waals surface area (Å²) in [6, 6.07) is 5.51. The van der Waals surface area contributed by atoms with Gasteiger partial charge in [-0.25, -0.2) is 9.37 Å². The molecule has 0 spiro atoms. The summed E-state index contributed by atoms with van der Waals surface area (Å²) in [6.45, 7) is 5.89. The number of aromatic nitrogens is 1. The van der Waals surface area contributed by atoms with Crippen LogP contribution >= 0.6 is 11.3 Å². The van der Waals surface area contributed by atoms with Crippen LogP contribution in [-0.2, 0) is 0 Å². The molecule has 4 nitrogen and oxygen atoms in total. The molecule has 0 radical (unpaired) electrons. The SMILES string of the molecule is CC(CC(O)c1ccc(F)cc1)NC(=O)c1cnc(C(C)C)s1. The lowest BCUT2D eigenvalue weighted by atomic mass is 10.0. The number of benzene rings is 1. The lowest BCUT2D eigenvalue weighted by molar-refractivity contribution is 0.0921. The normalized spacial score (nSPS) is 13.8. The zero-order valence-corrected chi connectivity index (χ0v) is 14.2. The fraction of sp³-hybridized carbons (Fsp3) is 0.412. The molecule has 2 unspecified atom stereocenters. The van der Waals surface area contributed by atoms with Gasteiger partial charge in [0.05, 0.1) is 17.3 Å². The maximum atomic E-state index is 12.9. The third kappa shape index (κ3) is 4.84. The molecule has 0 fully saturated rings. The van der Waals surface area contributed by atoms with E-state index in [0.29, 0.717) is 22.8 Å². The number of aliphatic hydroxyl groups is 1. The van der Waals surface area contributed by atoms with Crippen LogP contribution in [-0.4, -0.2) is 22.0 Å². The topological polar surface area (TPSA) is 62.2 Å². The number of nitrogens with one attached hydrogen (secondary N) is 1. The Labute approximate surface area is 139 Å². The number of carbonyl (C=O) groups excluding carboxylic acids is 1.